The van der Waals surface area contributed by atoms with E-state index in [2.05, 4.69) is 25.6 Å². The van der Waals surface area contributed by atoms with Gasteiger partial charge in [0, 0.05) is 22.6 Å². The maximum atomic E-state index is 12.1. The lowest BCUT2D eigenvalue weighted by molar-refractivity contribution is 0.600. The molecule has 2 rings (SSSR count). The van der Waals surface area contributed by atoms with E-state index in [1.165, 1.54) is 0 Å². The summed E-state index contributed by atoms with van der Waals surface area (Å²) in [5.41, 5.74) is 3.56. The third kappa shape index (κ3) is 4.54. The fourth-order valence-electron chi connectivity index (χ4n) is 2.04. The maximum absolute atomic E-state index is 12.1. The summed E-state index contributed by atoms with van der Waals surface area (Å²) in [5, 5.41) is 0. The molecule has 1 aromatic heterocycles. The molecule has 0 bridgehead atoms. The molecule has 4 nitrogen and oxygen atoms in total. The average molecular weight is 369 g/mol. The summed E-state index contributed by atoms with van der Waals surface area (Å²) in [4.78, 5) is 3.92. The fraction of sp³-hybridized carbons (Fsp3) is 0.267. The van der Waals surface area contributed by atoms with Crippen molar-refractivity contribution in [2.75, 3.05) is 10.5 Å². The van der Waals surface area contributed by atoms with Gasteiger partial charge in [0.15, 0.2) is 0 Å². The van der Waals surface area contributed by atoms with Crippen molar-refractivity contribution in [3.05, 3.63) is 57.8 Å². The maximum Gasteiger partial charge on any atom is 0.233 e. The number of hydrogen-bond donors (Lipinski definition) is 1. The molecule has 0 saturated heterocycles. The van der Waals surface area contributed by atoms with Crippen LogP contribution >= 0.6 is 15.9 Å². The number of benzene rings is 1. The SMILES string of the molecule is Cc1cc(NS(=O)(=O)CCc2ccncc2)cc(C)c1Br. The van der Waals surface area contributed by atoms with Crippen molar-refractivity contribution < 1.29 is 8.42 Å². The zero-order valence-electron chi connectivity index (χ0n) is 11.9. The van der Waals surface area contributed by atoms with Crippen molar-refractivity contribution in [2.24, 2.45) is 0 Å². The molecule has 0 aliphatic rings. The number of sulfonamides is 1. The van der Waals surface area contributed by atoms with Crippen molar-refractivity contribution in [1.29, 1.82) is 0 Å². The van der Waals surface area contributed by atoms with Crippen molar-refractivity contribution in [3.63, 3.8) is 0 Å². The summed E-state index contributed by atoms with van der Waals surface area (Å²) in [6, 6.07) is 7.29. The summed E-state index contributed by atoms with van der Waals surface area (Å²) in [6.45, 7) is 3.87. The van der Waals surface area contributed by atoms with Gasteiger partial charge < -0.3 is 0 Å². The van der Waals surface area contributed by atoms with E-state index in [9.17, 15) is 8.42 Å². The van der Waals surface area contributed by atoms with Crippen molar-refractivity contribution in [2.45, 2.75) is 20.3 Å². The molecule has 1 aromatic carbocycles. The Morgan fingerprint density at radius 1 is 1.14 bits per heavy atom. The van der Waals surface area contributed by atoms with Gasteiger partial charge in [0.1, 0.15) is 0 Å². The minimum atomic E-state index is -3.36. The van der Waals surface area contributed by atoms with Gasteiger partial charge in [-0.2, -0.15) is 0 Å². The van der Waals surface area contributed by atoms with E-state index in [-0.39, 0.29) is 5.75 Å². The van der Waals surface area contributed by atoms with Crippen LogP contribution in [0.4, 0.5) is 5.69 Å². The highest BCUT2D eigenvalue weighted by Gasteiger charge is 2.12. The first-order valence-electron chi connectivity index (χ1n) is 6.53. The third-order valence-corrected chi connectivity index (χ3v) is 5.66. The van der Waals surface area contributed by atoms with E-state index in [1.807, 2.05) is 38.1 Å². The summed E-state index contributed by atoms with van der Waals surface area (Å²) in [6.07, 6.45) is 3.79. The highest BCUT2D eigenvalue weighted by atomic mass is 79.9. The summed E-state index contributed by atoms with van der Waals surface area (Å²) < 4.78 is 27.9. The highest BCUT2D eigenvalue weighted by molar-refractivity contribution is 9.10. The van der Waals surface area contributed by atoms with Gasteiger partial charge in [-0.3, -0.25) is 9.71 Å². The van der Waals surface area contributed by atoms with Crippen LogP contribution in [-0.2, 0) is 16.4 Å². The third-order valence-electron chi connectivity index (χ3n) is 3.12. The Labute approximate surface area is 133 Å². The molecule has 0 aliphatic carbocycles. The van der Waals surface area contributed by atoms with Gasteiger partial charge >= 0.3 is 0 Å². The van der Waals surface area contributed by atoms with E-state index in [4.69, 9.17) is 0 Å². The Hall–Kier alpha value is -1.40. The summed E-state index contributed by atoms with van der Waals surface area (Å²) >= 11 is 3.47. The van der Waals surface area contributed by atoms with Crippen LogP contribution in [0.5, 0.6) is 0 Å². The topological polar surface area (TPSA) is 59.1 Å². The van der Waals surface area contributed by atoms with Crippen molar-refractivity contribution in [1.82, 2.24) is 4.98 Å². The predicted molar refractivity (Wildman–Crippen MR) is 89.0 cm³/mol. The Kier molecular flexibility index (Phi) is 5.00. The lowest BCUT2D eigenvalue weighted by Crippen LogP contribution is -2.18. The second-order valence-corrected chi connectivity index (χ2v) is 7.59. The zero-order valence-corrected chi connectivity index (χ0v) is 14.3. The number of halogens is 1. The van der Waals surface area contributed by atoms with E-state index in [0.29, 0.717) is 12.1 Å². The smallest absolute Gasteiger partial charge is 0.233 e. The number of hydrogen-bond acceptors (Lipinski definition) is 3. The van der Waals surface area contributed by atoms with E-state index >= 15 is 0 Å². The lowest BCUT2D eigenvalue weighted by Gasteiger charge is -2.11. The number of aryl methyl sites for hydroxylation is 3. The molecular formula is C15H17BrN2O2S. The number of nitrogens with zero attached hydrogens (tertiary/aromatic N) is 1. The van der Waals surface area contributed by atoms with Crippen molar-refractivity contribution in [3.8, 4) is 0 Å². The fourth-order valence-corrected chi connectivity index (χ4v) is 3.35. The average Bonchev–Trinajstić information content (AvgIpc) is 2.43. The molecule has 0 saturated carbocycles. The molecule has 6 heteroatoms. The molecule has 0 aliphatic heterocycles. The molecule has 21 heavy (non-hydrogen) atoms. The second-order valence-electron chi connectivity index (χ2n) is 4.95. The molecule has 0 radical (unpaired) electrons. The van der Waals surface area contributed by atoms with Crippen LogP contribution in [0.2, 0.25) is 0 Å². The summed E-state index contributed by atoms with van der Waals surface area (Å²) in [7, 11) is -3.36. The number of pyridine rings is 1. The Morgan fingerprint density at radius 3 is 2.29 bits per heavy atom. The molecule has 2 aromatic rings. The van der Waals surface area contributed by atoms with Crippen LogP contribution in [0.25, 0.3) is 0 Å². The van der Waals surface area contributed by atoms with Gasteiger partial charge in [-0.15, -0.1) is 0 Å². The molecule has 0 fully saturated rings. The van der Waals surface area contributed by atoms with Gasteiger partial charge in [0.05, 0.1) is 5.75 Å². The predicted octanol–water partition coefficient (Wildman–Crippen LogP) is 3.45. The molecular weight excluding hydrogens is 352 g/mol. The molecule has 112 valence electrons. The zero-order chi connectivity index (χ0) is 15.5. The van der Waals surface area contributed by atoms with E-state index < -0.39 is 10.0 Å². The monoisotopic (exact) mass is 368 g/mol. The second kappa shape index (κ2) is 6.58. The minimum absolute atomic E-state index is 0.0468. The molecule has 1 N–H and O–H groups in total. The number of anilines is 1. The van der Waals surface area contributed by atoms with Gasteiger partial charge in [0.25, 0.3) is 0 Å². The first-order chi connectivity index (χ1) is 9.87. The van der Waals surface area contributed by atoms with E-state index in [0.717, 1.165) is 21.2 Å². The van der Waals surface area contributed by atoms with Crippen LogP contribution in [0, 0.1) is 13.8 Å². The van der Waals surface area contributed by atoms with Crippen LogP contribution in [0.15, 0.2) is 41.1 Å². The normalized spacial score (nSPS) is 11.4. The van der Waals surface area contributed by atoms with Gasteiger partial charge in [-0.05, 0) is 61.2 Å². The first-order valence-corrected chi connectivity index (χ1v) is 8.98. The molecule has 0 atom stereocenters. The lowest BCUT2D eigenvalue weighted by atomic mass is 10.1. The van der Waals surface area contributed by atoms with E-state index in [1.54, 1.807) is 12.4 Å². The molecule has 1 heterocycles. The largest absolute Gasteiger partial charge is 0.284 e. The van der Waals surface area contributed by atoms with Gasteiger partial charge in [-0.1, -0.05) is 15.9 Å². The first kappa shape index (κ1) is 16.0. The van der Waals surface area contributed by atoms with Crippen LogP contribution in [-0.4, -0.2) is 19.2 Å². The number of aromatic nitrogens is 1. The summed E-state index contributed by atoms with van der Waals surface area (Å²) in [5.74, 6) is 0.0468. The number of rotatable bonds is 5. The highest BCUT2D eigenvalue weighted by Crippen LogP contribution is 2.25. The molecule has 0 spiro atoms. The number of nitrogens with one attached hydrogen (secondary N) is 1. The molecule has 0 unspecified atom stereocenters. The minimum Gasteiger partial charge on any atom is -0.284 e. The Balaban J connectivity index is 2.07. The van der Waals surface area contributed by atoms with Crippen molar-refractivity contribution >= 4 is 31.6 Å². The molecule has 0 amide bonds. The van der Waals surface area contributed by atoms with Crippen LogP contribution in [0.1, 0.15) is 16.7 Å². The van der Waals surface area contributed by atoms with Crippen LogP contribution in [0.3, 0.4) is 0 Å². The standard InChI is InChI=1S/C15H17BrN2O2S/c1-11-9-14(10-12(2)15(11)16)18-21(19,20)8-5-13-3-6-17-7-4-13/h3-4,6-7,9-10,18H,5,8H2,1-2H3. The quantitative estimate of drug-likeness (QED) is 0.878. The van der Waals surface area contributed by atoms with Crippen LogP contribution < -0.4 is 4.72 Å². The van der Waals surface area contributed by atoms with Gasteiger partial charge in [-0.25, -0.2) is 8.42 Å². The van der Waals surface area contributed by atoms with Gasteiger partial charge in [0.2, 0.25) is 10.0 Å². The Bertz CT molecular complexity index is 708. The Morgan fingerprint density at radius 2 is 1.71 bits per heavy atom.